The van der Waals surface area contributed by atoms with Crippen LogP contribution >= 0.6 is 0 Å². The highest BCUT2D eigenvalue weighted by molar-refractivity contribution is 5.11. The Morgan fingerprint density at radius 1 is 1.36 bits per heavy atom. The first-order valence-corrected chi connectivity index (χ1v) is 3.85. The third kappa shape index (κ3) is 3.62. The number of aromatic amines is 1. The lowest BCUT2D eigenvalue weighted by Crippen LogP contribution is -2.03. The molecule has 4 N–H and O–H groups in total. The maximum atomic E-state index is 5.11. The minimum Gasteiger partial charge on any atom is -0.369 e. The van der Waals surface area contributed by atoms with Crippen molar-refractivity contribution in [2.75, 3.05) is 18.8 Å². The largest absolute Gasteiger partial charge is 0.369 e. The zero-order valence-electron chi connectivity index (χ0n) is 6.51. The molecule has 0 unspecified atom stereocenters. The molecule has 0 saturated carbocycles. The first-order valence-electron chi connectivity index (χ1n) is 3.85. The molecule has 11 heavy (non-hydrogen) atoms. The van der Waals surface area contributed by atoms with E-state index in [2.05, 4.69) is 15.3 Å². The normalized spacial score (nSPS) is 15.6. The van der Waals surface area contributed by atoms with Crippen LogP contribution in [0.3, 0.4) is 0 Å². The number of aromatic nitrogens is 2. The topological polar surface area (TPSA) is 66.7 Å². The van der Waals surface area contributed by atoms with Crippen LogP contribution in [0.2, 0.25) is 0 Å². The highest BCUT2D eigenvalue weighted by Gasteiger charge is 1.93. The van der Waals surface area contributed by atoms with Crippen molar-refractivity contribution >= 4 is 5.95 Å². The van der Waals surface area contributed by atoms with Crippen LogP contribution in [0, 0.1) is 0 Å². The van der Waals surface area contributed by atoms with E-state index in [-0.39, 0.29) is 0 Å². The maximum Gasteiger partial charge on any atom is 0.197 e. The molecule has 0 amide bonds. The van der Waals surface area contributed by atoms with Crippen molar-refractivity contribution in [3.05, 3.63) is 12.4 Å². The standard InChI is InChI=1S/C4H9N.C3H5N3/c1-2-4-5-3-1;4-3-5-1-2-6-3/h5H,1-4H2;1-2H,(H3,4,5,6). The van der Waals surface area contributed by atoms with Crippen LogP contribution in [-0.4, -0.2) is 23.1 Å². The van der Waals surface area contributed by atoms with Crippen LogP contribution in [0.25, 0.3) is 0 Å². The highest BCUT2D eigenvalue weighted by Crippen LogP contribution is 1.90. The van der Waals surface area contributed by atoms with E-state index in [9.17, 15) is 0 Å². The summed E-state index contributed by atoms with van der Waals surface area (Å²) in [5.74, 6) is 0.468. The lowest BCUT2D eigenvalue weighted by atomic mass is 10.4. The van der Waals surface area contributed by atoms with E-state index in [1.54, 1.807) is 12.4 Å². The second-order valence-electron chi connectivity index (χ2n) is 2.43. The Morgan fingerprint density at radius 2 is 2.09 bits per heavy atom. The Hall–Kier alpha value is -1.03. The summed E-state index contributed by atoms with van der Waals surface area (Å²) < 4.78 is 0. The van der Waals surface area contributed by atoms with Gasteiger partial charge in [0.15, 0.2) is 5.95 Å². The second kappa shape index (κ2) is 4.73. The molecule has 4 nitrogen and oxygen atoms in total. The number of nitrogens with one attached hydrogen (secondary N) is 2. The van der Waals surface area contributed by atoms with Gasteiger partial charge in [0.05, 0.1) is 0 Å². The quantitative estimate of drug-likeness (QED) is 0.505. The fraction of sp³-hybridized carbons (Fsp3) is 0.571. The van der Waals surface area contributed by atoms with Crippen molar-refractivity contribution in [3.63, 3.8) is 0 Å². The van der Waals surface area contributed by atoms with Gasteiger partial charge >= 0.3 is 0 Å². The molecule has 1 fully saturated rings. The van der Waals surface area contributed by atoms with E-state index in [1.807, 2.05) is 0 Å². The molecule has 0 radical (unpaired) electrons. The molecule has 1 aliphatic rings. The maximum absolute atomic E-state index is 5.11. The van der Waals surface area contributed by atoms with Gasteiger partial charge in [-0.05, 0) is 25.9 Å². The molecule has 1 aromatic rings. The molecule has 0 aromatic carbocycles. The van der Waals surface area contributed by atoms with E-state index in [0.29, 0.717) is 5.95 Å². The van der Waals surface area contributed by atoms with E-state index >= 15 is 0 Å². The SMILES string of the molecule is C1CCNC1.Nc1ncc[nH]1. The number of hydrogen-bond donors (Lipinski definition) is 3. The van der Waals surface area contributed by atoms with Gasteiger partial charge in [0.2, 0.25) is 0 Å². The van der Waals surface area contributed by atoms with Gasteiger partial charge in [-0.2, -0.15) is 0 Å². The highest BCUT2D eigenvalue weighted by atomic mass is 15.0. The predicted molar refractivity (Wildman–Crippen MR) is 45.1 cm³/mol. The van der Waals surface area contributed by atoms with Gasteiger partial charge in [0.25, 0.3) is 0 Å². The molecule has 1 aromatic heterocycles. The van der Waals surface area contributed by atoms with Crippen LogP contribution in [-0.2, 0) is 0 Å². The minimum atomic E-state index is 0.468. The predicted octanol–water partition coefficient (Wildman–Crippen LogP) is 0.362. The molecule has 2 heterocycles. The van der Waals surface area contributed by atoms with Gasteiger partial charge in [0, 0.05) is 12.4 Å². The number of nitrogen functional groups attached to an aromatic ring is 1. The molecule has 4 heteroatoms. The molecule has 0 atom stereocenters. The molecule has 0 aliphatic carbocycles. The third-order valence-electron chi connectivity index (χ3n) is 1.48. The summed E-state index contributed by atoms with van der Waals surface area (Å²) >= 11 is 0. The van der Waals surface area contributed by atoms with Crippen LogP contribution in [0.1, 0.15) is 12.8 Å². The van der Waals surface area contributed by atoms with Crippen molar-refractivity contribution in [2.45, 2.75) is 12.8 Å². The number of nitrogens with two attached hydrogens (primary N) is 1. The average Bonchev–Trinajstić information content (AvgIpc) is 2.57. The lowest BCUT2D eigenvalue weighted by Gasteiger charge is -1.76. The molecule has 62 valence electrons. The van der Waals surface area contributed by atoms with Crippen LogP contribution in [0.4, 0.5) is 5.95 Å². The molecule has 1 aliphatic heterocycles. The number of imidazole rings is 1. The van der Waals surface area contributed by atoms with Crippen molar-refractivity contribution in [2.24, 2.45) is 0 Å². The van der Waals surface area contributed by atoms with E-state index in [0.717, 1.165) is 0 Å². The van der Waals surface area contributed by atoms with Gasteiger partial charge in [0.1, 0.15) is 0 Å². The van der Waals surface area contributed by atoms with Crippen molar-refractivity contribution in [3.8, 4) is 0 Å². The Kier molecular flexibility index (Phi) is 3.47. The number of hydrogen-bond acceptors (Lipinski definition) is 3. The van der Waals surface area contributed by atoms with Gasteiger partial charge in [-0.3, -0.25) is 0 Å². The third-order valence-corrected chi connectivity index (χ3v) is 1.48. The number of H-pyrrole nitrogens is 1. The summed E-state index contributed by atoms with van der Waals surface area (Å²) in [4.78, 5) is 6.31. The first-order chi connectivity index (χ1) is 5.39. The van der Waals surface area contributed by atoms with Gasteiger partial charge < -0.3 is 16.0 Å². The van der Waals surface area contributed by atoms with E-state index < -0.39 is 0 Å². The Labute approximate surface area is 66.2 Å². The van der Waals surface area contributed by atoms with Crippen molar-refractivity contribution < 1.29 is 0 Å². The molecule has 0 spiro atoms. The molecule has 2 rings (SSSR count). The smallest absolute Gasteiger partial charge is 0.197 e. The van der Waals surface area contributed by atoms with Gasteiger partial charge in [-0.25, -0.2) is 4.98 Å². The minimum absolute atomic E-state index is 0.468. The van der Waals surface area contributed by atoms with Crippen LogP contribution in [0.5, 0.6) is 0 Å². The molecular weight excluding hydrogens is 140 g/mol. The number of nitrogens with zero attached hydrogens (tertiary/aromatic N) is 1. The number of anilines is 1. The Bertz CT molecular complexity index is 159. The molecule has 0 bridgehead atoms. The fourth-order valence-corrected chi connectivity index (χ4v) is 0.902. The first kappa shape index (κ1) is 8.07. The summed E-state index contributed by atoms with van der Waals surface area (Å²) in [5.41, 5.74) is 5.11. The van der Waals surface area contributed by atoms with E-state index in [4.69, 9.17) is 5.73 Å². The molecular formula is C7H14N4. The zero-order chi connectivity index (χ0) is 7.94. The summed E-state index contributed by atoms with van der Waals surface area (Å²) in [7, 11) is 0. The van der Waals surface area contributed by atoms with Crippen LogP contribution < -0.4 is 11.1 Å². The van der Waals surface area contributed by atoms with Crippen molar-refractivity contribution in [1.82, 2.24) is 15.3 Å². The second-order valence-corrected chi connectivity index (χ2v) is 2.43. The van der Waals surface area contributed by atoms with Gasteiger partial charge in [-0.1, -0.05) is 0 Å². The Balaban J connectivity index is 0.000000112. The van der Waals surface area contributed by atoms with Crippen molar-refractivity contribution in [1.29, 1.82) is 0 Å². The lowest BCUT2D eigenvalue weighted by molar-refractivity contribution is 0.857. The fourth-order valence-electron chi connectivity index (χ4n) is 0.902. The summed E-state index contributed by atoms with van der Waals surface area (Å²) in [6.45, 7) is 2.50. The average molecular weight is 154 g/mol. The Morgan fingerprint density at radius 3 is 2.27 bits per heavy atom. The number of rotatable bonds is 0. The monoisotopic (exact) mass is 154 g/mol. The van der Waals surface area contributed by atoms with Gasteiger partial charge in [-0.15, -0.1) is 0 Å². The summed E-state index contributed by atoms with van der Waals surface area (Å²) in [6.07, 6.45) is 6.06. The van der Waals surface area contributed by atoms with E-state index in [1.165, 1.54) is 25.9 Å². The zero-order valence-corrected chi connectivity index (χ0v) is 6.51. The molecule has 1 saturated heterocycles. The van der Waals surface area contributed by atoms with Crippen LogP contribution in [0.15, 0.2) is 12.4 Å². The summed E-state index contributed by atoms with van der Waals surface area (Å²) in [6, 6.07) is 0. The summed E-state index contributed by atoms with van der Waals surface area (Å²) in [5, 5.41) is 3.22.